The Labute approximate surface area is 44.2 Å². The summed E-state index contributed by atoms with van der Waals surface area (Å²) in [6, 6.07) is 0. The predicted octanol–water partition coefficient (Wildman–Crippen LogP) is 1.72. The number of rotatable bonds is 0. The van der Waals surface area contributed by atoms with Crippen molar-refractivity contribution in [1.29, 1.82) is 0 Å². The molecule has 0 aliphatic heterocycles. The van der Waals surface area contributed by atoms with Gasteiger partial charge in [-0.2, -0.15) is 0 Å². The van der Waals surface area contributed by atoms with E-state index in [-0.39, 0.29) is 16.8 Å². The zero-order chi connectivity index (χ0) is 2.71. The van der Waals surface area contributed by atoms with Crippen LogP contribution in [0.4, 0.5) is 0 Å². The Balaban J connectivity index is 0. The maximum absolute atomic E-state index is 3.56. The van der Waals surface area contributed by atoms with Gasteiger partial charge in [-0.25, -0.2) is 0 Å². The van der Waals surface area contributed by atoms with Crippen molar-refractivity contribution in [1.82, 2.24) is 0 Å². The SMILES string of the molecule is [Co].[P]#[Cu]#[P]. The zero-order valence-electron chi connectivity index (χ0n) is 1.53. The molecule has 0 aromatic carbocycles. The molecule has 1 radical (unpaired) electrons. The topological polar surface area (TPSA) is 0 Å². The van der Waals surface area contributed by atoms with Crippen LogP contribution in [-0.4, -0.2) is 0 Å². The van der Waals surface area contributed by atoms with E-state index in [1.54, 1.807) is 0 Å². The first-order chi connectivity index (χ1) is 1.41. The average Bonchev–Trinajstić information content (AvgIpc) is 0.918. The standard InChI is InChI=1S/Co.Cu.2P. The summed E-state index contributed by atoms with van der Waals surface area (Å²) in [5.74, 6) is 0. The molecule has 0 unspecified atom stereocenters. The van der Waals surface area contributed by atoms with Gasteiger partial charge in [-0.3, -0.25) is 0 Å². The van der Waals surface area contributed by atoms with E-state index in [1.807, 2.05) is 0 Å². The van der Waals surface area contributed by atoms with Crippen molar-refractivity contribution in [3.05, 3.63) is 0 Å². The van der Waals surface area contributed by atoms with Gasteiger partial charge in [0.2, 0.25) is 0 Å². The molecule has 0 aromatic heterocycles. The molecule has 0 saturated heterocycles. The average molecular weight is 184 g/mol. The Bertz CT molecular complexity index is 79.2. The molecule has 0 atom stereocenters. The van der Waals surface area contributed by atoms with Crippen LogP contribution >= 0.6 is 14.5 Å². The van der Waals surface area contributed by atoms with Crippen molar-refractivity contribution in [3.63, 3.8) is 0 Å². The van der Waals surface area contributed by atoms with E-state index in [4.69, 9.17) is 0 Å². The van der Waals surface area contributed by atoms with Crippen molar-refractivity contribution < 1.29 is 29.5 Å². The first-order valence-electron chi connectivity index (χ1n) is 0.270. The molecule has 0 saturated carbocycles. The minimum atomic E-state index is 0. The van der Waals surface area contributed by atoms with Crippen molar-refractivity contribution in [3.8, 4) is 0 Å². The van der Waals surface area contributed by atoms with Crippen molar-refractivity contribution in [2.24, 2.45) is 0 Å². The molecular weight excluding hydrogens is 184 g/mol. The van der Waals surface area contributed by atoms with E-state index < -0.39 is 0 Å². The molecule has 0 nitrogen and oxygen atoms in total. The first-order valence-corrected chi connectivity index (χ1v) is 3.34. The van der Waals surface area contributed by atoms with Gasteiger partial charge in [0.05, 0.1) is 0 Å². The normalized spacial score (nSPS) is 3.50. The Morgan fingerprint density at radius 2 is 1.25 bits per heavy atom. The van der Waals surface area contributed by atoms with E-state index >= 15 is 0 Å². The second kappa shape index (κ2) is 8.86. The summed E-state index contributed by atoms with van der Waals surface area (Å²) in [7, 11) is 7.12. The van der Waals surface area contributed by atoms with Crippen LogP contribution in [0.15, 0.2) is 0 Å². The Morgan fingerprint density at radius 3 is 1.25 bits per heavy atom. The zero-order valence-corrected chi connectivity index (χ0v) is 5.30. The Hall–Kier alpha value is 1.89. The van der Waals surface area contributed by atoms with Crippen LogP contribution in [0.25, 0.3) is 0 Å². The van der Waals surface area contributed by atoms with Crippen LogP contribution in [0.3, 0.4) is 0 Å². The molecule has 0 aliphatic rings. The molecular formula is CoCuP2. The van der Waals surface area contributed by atoms with E-state index in [1.165, 1.54) is 12.7 Å². The summed E-state index contributed by atoms with van der Waals surface area (Å²) in [6.07, 6.45) is 0. The molecule has 0 fully saturated rings. The van der Waals surface area contributed by atoms with Gasteiger partial charge in [0, 0.05) is 16.8 Å². The number of hydrogen-bond acceptors (Lipinski definition) is 0. The van der Waals surface area contributed by atoms with Crippen molar-refractivity contribution in [2.45, 2.75) is 0 Å². The van der Waals surface area contributed by atoms with Gasteiger partial charge >= 0.3 is 27.2 Å². The molecule has 0 aliphatic carbocycles. The summed E-state index contributed by atoms with van der Waals surface area (Å²) in [4.78, 5) is 0. The van der Waals surface area contributed by atoms with Gasteiger partial charge < -0.3 is 0 Å². The summed E-state index contributed by atoms with van der Waals surface area (Å²) >= 11 is 1.20. The Morgan fingerprint density at radius 1 is 1.25 bits per heavy atom. The van der Waals surface area contributed by atoms with Gasteiger partial charge in [0.1, 0.15) is 0 Å². The second-order valence-electron chi connectivity index (χ2n) is 0.0603. The third kappa shape index (κ3) is 9.10. The molecule has 4 heavy (non-hydrogen) atoms. The van der Waals surface area contributed by atoms with Crippen molar-refractivity contribution >= 4 is 14.5 Å². The quantitative estimate of drug-likeness (QED) is 0.397. The molecule has 0 bridgehead atoms. The third-order valence-corrected chi connectivity index (χ3v) is 0. The predicted molar refractivity (Wildman–Crippen MR) is 13.8 cm³/mol. The van der Waals surface area contributed by atoms with E-state index in [0.717, 1.165) is 0 Å². The van der Waals surface area contributed by atoms with Crippen LogP contribution in [0.2, 0.25) is 0 Å². The minimum absolute atomic E-state index is 0. The van der Waals surface area contributed by atoms with Crippen molar-refractivity contribution in [2.75, 3.05) is 0 Å². The third-order valence-electron chi connectivity index (χ3n) is 0. The molecule has 4 heteroatoms. The second-order valence-corrected chi connectivity index (χ2v) is 2.24. The van der Waals surface area contributed by atoms with Gasteiger partial charge in [0.15, 0.2) is 0 Å². The van der Waals surface area contributed by atoms with E-state index in [0.29, 0.717) is 0 Å². The van der Waals surface area contributed by atoms with Gasteiger partial charge in [-0.05, 0) is 0 Å². The molecule has 30 valence electrons. The maximum atomic E-state index is 3.56. The molecule has 0 spiro atoms. The van der Waals surface area contributed by atoms with Gasteiger partial charge in [-0.1, -0.05) is 0 Å². The monoisotopic (exact) mass is 184 g/mol. The van der Waals surface area contributed by atoms with E-state index in [2.05, 4.69) is 14.5 Å². The summed E-state index contributed by atoms with van der Waals surface area (Å²) in [5, 5.41) is 0. The molecule has 0 heterocycles. The van der Waals surface area contributed by atoms with Crippen LogP contribution in [0, 0.1) is 0 Å². The molecule has 0 amide bonds. The van der Waals surface area contributed by atoms with Gasteiger partial charge in [-0.15, -0.1) is 0 Å². The van der Waals surface area contributed by atoms with Crippen LogP contribution < -0.4 is 0 Å². The van der Waals surface area contributed by atoms with Crippen LogP contribution in [0.1, 0.15) is 0 Å². The van der Waals surface area contributed by atoms with Crippen LogP contribution in [-0.2, 0) is 29.5 Å². The summed E-state index contributed by atoms with van der Waals surface area (Å²) < 4.78 is 0. The fraction of sp³-hybridized carbons (Fsp3) is 0. The molecule has 0 aromatic rings. The molecule has 0 rings (SSSR count). The molecule has 0 N–H and O–H groups in total. The first kappa shape index (κ1) is 9.31. The fourth-order valence-electron chi connectivity index (χ4n) is 0. The van der Waals surface area contributed by atoms with E-state index in [9.17, 15) is 0 Å². The fourth-order valence-corrected chi connectivity index (χ4v) is 0. The number of hydrogen-bond donors (Lipinski definition) is 0. The summed E-state index contributed by atoms with van der Waals surface area (Å²) in [6.45, 7) is 0. The van der Waals surface area contributed by atoms with Gasteiger partial charge in [0.25, 0.3) is 0 Å². The Kier molecular flexibility index (Phi) is 20.6. The summed E-state index contributed by atoms with van der Waals surface area (Å²) in [5.41, 5.74) is 0. The van der Waals surface area contributed by atoms with Crippen LogP contribution in [0.5, 0.6) is 0 Å².